The lowest BCUT2D eigenvalue weighted by molar-refractivity contribution is 0.685. The third-order valence-corrected chi connectivity index (χ3v) is 3.33. The first-order valence-corrected chi connectivity index (χ1v) is 5.83. The highest BCUT2D eigenvalue weighted by Crippen LogP contribution is 2.24. The molecule has 2 aromatic rings. The zero-order valence-electron chi connectivity index (χ0n) is 8.90. The zero-order chi connectivity index (χ0) is 10.7. The molecule has 0 saturated heterocycles. The Morgan fingerprint density at radius 1 is 1.27 bits per heavy atom. The summed E-state index contributed by atoms with van der Waals surface area (Å²) in [5.41, 5.74) is 2.35. The molecule has 1 heterocycles. The SMILES string of the molecule is CNC(c1ccccc1)c1nc(C)cs1. The number of thiazole rings is 1. The fourth-order valence-corrected chi connectivity index (χ4v) is 2.51. The van der Waals surface area contributed by atoms with E-state index in [0.29, 0.717) is 0 Å². The Labute approximate surface area is 94.0 Å². The summed E-state index contributed by atoms with van der Waals surface area (Å²) in [5.74, 6) is 0. The molecule has 15 heavy (non-hydrogen) atoms. The van der Waals surface area contributed by atoms with Crippen molar-refractivity contribution < 1.29 is 0 Å². The third kappa shape index (κ3) is 2.25. The van der Waals surface area contributed by atoms with E-state index in [0.717, 1.165) is 10.7 Å². The number of nitrogens with zero attached hydrogens (tertiary/aromatic N) is 1. The maximum absolute atomic E-state index is 4.51. The predicted molar refractivity (Wildman–Crippen MR) is 64.2 cm³/mol. The van der Waals surface area contributed by atoms with Gasteiger partial charge in [-0.15, -0.1) is 11.3 Å². The van der Waals surface area contributed by atoms with Crippen molar-refractivity contribution in [2.75, 3.05) is 7.05 Å². The summed E-state index contributed by atoms with van der Waals surface area (Å²) in [6.45, 7) is 2.03. The van der Waals surface area contributed by atoms with Gasteiger partial charge in [0.15, 0.2) is 0 Å². The molecule has 3 heteroatoms. The molecule has 0 saturated carbocycles. The predicted octanol–water partition coefficient (Wildman–Crippen LogP) is 2.76. The average molecular weight is 218 g/mol. The van der Waals surface area contributed by atoms with Crippen LogP contribution >= 0.6 is 11.3 Å². The van der Waals surface area contributed by atoms with E-state index in [2.05, 4.69) is 39.9 Å². The highest BCUT2D eigenvalue weighted by molar-refractivity contribution is 7.09. The molecule has 0 aliphatic heterocycles. The normalized spacial score (nSPS) is 12.7. The molecule has 2 nitrogen and oxygen atoms in total. The lowest BCUT2D eigenvalue weighted by Crippen LogP contribution is -2.17. The fraction of sp³-hybridized carbons (Fsp3) is 0.250. The van der Waals surface area contributed by atoms with Crippen LogP contribution in [-0.2, 0) is 0 Å². The van der Waals surface area contributed by atoms with Crippen LogP contribution in [0.3, 0.4) is 0 Å². The van der Waals surface area contributed by atoms with Crippen molar-refractivity contribution in [2.24, 2.45) is 0 Å². The summed E-state index contributed by atoms with van der Waals surface area (Å²) in [6, 6.07) is 10.6. The van der Waals surface area contributed by atoms with Gasteiger partial charge < -0.3 is 5.32 Å². The number of nitrogens with one attached hydrogen (secondary N) is 1. The molecule has 0 bridgehead atoms. The monoisotopic (exact) mass is 218 g/mol. The van der Waals surface area contributed by atoms with Crippen LogP contribution in [-0.4, -0.2) is 12.0 Å². The smallest absolute Gasteiger partial charge is 0.114 e. The van der Waals surface area contributed by atoms with Gasteiger partial charge in [-0.05, 0) is 19.5 Å². The van der Waals surface area contributed by atoms with E-state index in [9.17, 15) is 0 Å². The van der Waals surface area contributed by atoms with Crippen LogP contribution in [0.2, 0.25) is 0 Å². The standard InChI is InChI=1S/C12H14N2S/c1-9-8-15-12(14-9)11(13-2)10-6-4-3-5-7-10/h3-8,11,13H,1-2H3. The number of aryl methyl sites for hydroxylation is 1. The molecular weight excluding hydrogens is 204 g/mol. The minimum absolute atomic E-state index is 0.213. The first-order valence-electron chi connectivity index (χ1n) is 4.95. The molecule has 0 aliphatic rings. The Bertz CT molecular complexity index is 422. The molecule has 0 aliphatic carbocycles. The molecule has 0 fully saturated rings. The van der Waals surface area contributed by atoms with Crippen molar-refractivity contribution in [3.8, 4) is 0 Å². The third-order valence-electron chi connectivity index (χ3n) is 2.31. The first-order chi connectivity index (χ1) is 7.31. The maximum atomic E-state index is 4.51. The number of hydrogen-bond donors (Lipinski definition) is 1. The van der Waals surface area contributed by atoms with E-state index in [1.165, 1.54) is 5.56 Å². The number of hydrogen-bond acceptors (Lipinski definition) is 3. The topological polar surface area (TPSA) is 24.9 Å². The van der Waals surface area contributed by atoms with Gasteiger partial charge >= 0.3 is 0 Å². The molecule has 78 valence electrons. The summed E-state index contributed by atoms with van der Waals surface area (Å²) in [6.07, 6.45) is 0. The average Bonchev–Trinajstić information content (AvgIpc) is 2.68. The molecule has 0 amide bonds. The Morgan fingerprint density at radius 3 is 2.53 bits per heavy atom. The van der Waals surface area contributed by atoms with E-state index < -0.39 is 0 Å². The lowest BCUT2D eigenvalue weighted by atomic mass is 10.1. The molecule has 0 radical (unpaired) electrons. The van der Waals surface area contributed by atoms with E-state index in [4.69, 9.17) is 0 Å². The summed E-state index contributed by atoms with van der Waals surface area (Å²) in [5, 5.41) is 6.51. The highest BCUT2D eigenvalue weighted by Gasteiger charge is 2.14. The Morgan fingerprint density at radius 2 is 2.00 bits per heavy atom. The van der Waals surface area contributed by atoms with E-state index in [1.807, 2.05) is 20.0 Å². The molecule has 1 atom stereocenters. The number of aromatic nitrogens is 1. The van der Waals surface area contributed by atoms with Gasteiger partial charge in [-0.3, -0.25) is 0 Å². The Hall–Kier alpha value is -1.19. The lowest BCUT2D eigenvalue weighted by Gasteiger charge is -2.13. The first kappa shape index (κ1) is 10.3. The molecule has 1 N–H and O–H groups in total. The molecule has 1 unspecified atom stereocenters. The summed E-state index contributed by atoms with van der Waals surface area (Å²) >= 11 is 1.70. The van der Waals surface area contributed by atoms with Gasteiger partial charge in [0.2, 0.25) is 0 Å². The van der Waals surface area contributed by atoms with Crippen LogP contribution in [0, 0.1) is 6.92 Å². The van der Waals surface area contributed by atoms with Gasteiger partial charge in [0.05, 0.1) is 6.04 Å². The maximum Gasteiger partial charge on any atom is 0.114 e. The zero-order valence-corrected chi connectivity index (χ0v) is 9.71. The van der Waals surface area contributed by atoms with E-state index in [-0.39, 0.29) is 6.04 Å². The van der Waals surface area contributed by atoms with Crippen molar-refractivity contribution >= 4 is 11.3 Å². The summed E-state index contributed by atoms with van der Waals surface area (Å²) in [4.78, 5) is 4.51. The second-order valence-corrected chi connectivity index (χ2v) is 4.35. The Kier molecular flexibility index (Phi) is 3.14. The Balaban J connectivity index is 2.33. The van der Waals surface area contributed by atoms with E-state index >= 15 is 0 Å². The highest BCUT2D eigenvalue weighted by atomic mass is 32.1. The van der Waals surface area contributed by atoms with Crippen LogP contribution < -0.4 is 5.32 Å². The fourth-order valence-electron chi connectivity index (χ4n) is 1.58. The van der Waals surface area contributed by atoms with Crippen molar-refractivity contribution in [3.63, 3.8) is 0 Å². The van der Waals surface area contributed by atoms with Gasteiger partial charge in [0.1, 0.15) is 5.01 Å². The second kappa shape index (κ2) is 4.55. The van der Waals surface area contributed by atoms with Crippen molar-refractivity contribution in [3.05, 3.63) is 52.0 Å². The van der Waals surface area contributed by atoms with Crippen LogP contribution in [0.25, 0.3) is 0 Å². The van der Waals surface area contributed by atoms with Gasteiger partial charge in [-0.1, -0.05) is 30.3 Å². The van der Waals surface area contributed by atoms with Crippen LogP contribution in [0.4, 0.5) is 0 Å². The van der Waals surface area contributed by atoms with Gasteiger partial charge in [0.25, 0.3) is 0 Å². The summed E-state index contributed by atoms with van der Waals surface area (Å²) in [7, 11) is 1.97. The quantitative estimate of drug-likeness (QED) is 0.857. The van der Waals surface area contributed by atoms with Crippen LogP contribution in [0.5, 0.6) is 0 Å². The summed E-state index contributed by atoms with van der Waals surface area (Å²) < 4.78 is 0. The number of rotatable bonds is 3. The second-order valence-electron chi connectivity index (χ2n) is 3.46. The van der Waals surface area contributed by atoms with Crippen LogP contribution in [0.15, 0.2) is 35.7 Å². The number of benzene rings is 1. The molecule has 2 rings (SSSR count). The van der Waals surface area contributed by atoms with Crippen molar-refractivity contribution in [1.82, 2.24) is 10.3 Å². The van der Waals surface area contributed by atoms with Gasteiger partial charge in [-0.2, -0.15) is 0 Å². The van der Waals surface area contributed by atoms with Gasteiger partial charge in [-0.25, -0.2) is 4.98 Å². The van der Waals surface area contributed by atoms with Crippen molar-refractivity contribution in [1.29, 1.82) is 0 Å². The van der Waals surface area contributed by atoms with Crippen molar-refractivity contribution in [2.45, 2.75) is 13.0 Å². The minimum Gasteiger partial charge on any atom is -0.307 e. The molecule has 1 aromatic carbocycles. The largest absolute Gasteiger partial charge is 0.307 e. The molecule has 1 aromatic heterocycles. The van der Waals surface area contributed by atoms with Crippen LogP contribution in [0.1, 0.15) is 22.3 Å². The molecule has 0 spiro atoms. The van der Waals surface area contributed by atoms with Gasteiger partial charge in [0, 0.05) is 11.1 Å². The minimum atomic E-state index is 0.213. The van der Waals surface area contributed by atoms with E-state index in [1.54, 1.807) is 11.3 Å². The molecular formula is C12H14N2S.